The lowest BCUT2D eigenvalue weighted by Crippen LogP contribution is -2.41. The number of anilines is 3. The Labute approximate surface area is 200 Å². The van der Waals surface area contributed by atoms with Crippen molar-refractivity contribution in [1.82, 2.24) is 25.3 Å². The summed E-state index contributed by atoms with van der Waals surface area (Å²) in [5, 5.41) is 20.5. The summed E-state index contributed by atoms with van der Waals surface area (Å²) in [4.78, 5) is 53.4. The summed E-state index contributed by atoms with van der Waals surface area (Å²) in [5.41, 5.74) is 14.7. The number of carbonyl (C=O) groups excluding carboxylic acids is 1. The van der Waals surface area contributed by atoms with Gasteiger partial charge in [-0.05, 0) is 36.6 Å². The molecule has 0 saturated heterocycles. The van der Waals surface area contributed by atoms with Gasteiger partial charge in [-0.15, -0.1) is 0 Å². The zero-order valence-corrected chi connectivity index (χ0v) is 19.2. The fourth-order valence-corrected chi connectivity index (χ4v) is 3.54. The van der Waals surface area contributed by atoms with Gasteiger partial charge < -0.3 is 31.9 Å². The molecule has 1 aromatic carbocycles. The summed E-state index contributed by atoms with van der Waals surface area (Å²) < 4.78 is 0. The quantitative estimate of drug-likeness (QED) is 0.272. The van der Waals surface area contributed by atoms with Gasteiger partial charge in [-0.3, -0.25) is 9.59 Å². The number of nitrogen functional groups attached to an aromatic ring is 2. The number of amides is 1. The number of nitrogens with two attached hydrogens (primary N) is 2. The normalized spacial score (nSPS) is 11.7. The highest BCUT2D eigenvalue weighted by atomic mass is 16.4. The molecule has 2 heterocycles. The molecule has 1 amide bonds. The summed E-state index contributed by atoms with van der Waals surface area (Å²) >= 11 is 0. The van der Waals surface area contributed by atoms with E-state index in [4.69, 9.17) is 16.6 Å². The molecule has 1 unspecified atom stereocenters. The molecule has 35 heavy (non-hydrogen) atoms. The number of carboxylic acid groups (broad SMARTS) is 2. The average molecular weight is 483 g/mol. The second kappa shape index (κ2) is 10.6. The first-order valence-corrected chi connectivity index (χ1v) is 10.7. The van der Waals surface area contributed by atoms with Gasteiger partial charge in [0.25, 0.3) is 5.91 Å². The molecule has 184 valence electrons. The number of aliphatic carboxylic acids is 2. The number of hydrogen-bond acceptors (Lipinski definition) is 10. The van der Waals surface area contributed by atoms with E-state index in [1.807, 2.05) is 18.9 Å². The number of aromatic nitrogens is 4. The van der Waals surface area contributed by atoms with Crippen molar-refractivity contribution < 1.29 is 24.6 Å². The molecular weight excluding hydrogens is 456 g/mol. The highest BCUT2D eigenvalue weighted by Crippen LogP contribution is 2.24. The highest BCUT2D eigenvalue weighted by molar-refractivity contribution is 5.97. The Morgan fingerprint density at radius 3 is 2.54 bits per heavy atom. The molecule has 13 nitrogen and oxygen atoms in total. The molecule has 0 aliphatic rings. The number of hydrogen-bond donors (Lipinski definition) is 5. The molecule has 1 atom stereocenters. The number of nitrogens with one attached hydrogen (secondary N) is 1. The molecule has 13 heteroatoms. The van der Waals surface area contributed by atoms with E-state index in [0.717, 1.165) is 11.3 Å². The monoisotopic (exact) mass is 482 g/mol. The van der Waals surface area contributed by atoms with Crippen LogP contribution in [-0.2, 0) is 22.6 Å². The summed E-state index contributed by atoms with van der Waals surface area (Å²) in [7, 11) is 1.86. The van der Waals surface area contributed by atoms with Crippen LogP contribution in [0.3, 0.4) is 0 Å². The van der Waals surface area contributed by atoms with Crippen LogP contribution in [0.5, 0.6) is 0 Å². The maximum atomic E-state index is 12.6. The molecule has 0 fully saturated rings. The van der Waals surface area contributed by atoms with E-state index in [-0.39, 0.29) is 30.2 Å². The molecule has 3 rings (SSSR count). The zero-order valence-electron chi connectivity index (χ0n) is 19.2. The Hall–Kier alpha value is -4.55. The first-order valence-electron chi connectivity index (χ1n) is 10.7. The van der Waals surface area contributed by atoms with Crippen LogP contribution in [0, 0.1) is 0 Å². The molecular formula is C22H26N8O5. The first kappa shape index (κ1) is 25.1. The van der Waals surface area contributed by atoms with Gasteiger partial charge in [0.05, 0.1) is 18.4 Å². The maximum Gasteiger partial charge on any atom is 0.326 e. The second-order valence-electron chi connectivity index (χ2n) is 7.85. The lowest BCUT2D eigenvalue weighted by atomic mass is 10.0. The molecule has 0 bridgehead atoms. The van der Waals surface area contributed by atoms with Crippen LogP contribution in [0.2, 0.25) is 0 Å². The summed E-state index contributed by atoms with van der Waals surface area (Å²) in [5.74, 6) is -2.88. The predicted molar refractivity (Wildman–Crippen MR) is 128 cm³/mol. The molecule has 7 N–H and O–H groups in total. The Morgan fingerprint density at radius 2 is 1.89 bits per heavy atom. The van der Waals surface area contributed by atoms with Crippen molar-refractivity contribution in [3.63, 3.8) is 0 Å². The lowest BCUT2D eigenvalue weighted by Gasteiger charge is -2.23. The van der Waals surface area contributed by atoms with Gasteiger partial charge in [0.15, 0.2) is 17.0 Å². The minimum Gasteiger partial charge on any atom is -0.481 e. The number of rotatable bonds is 10. The van der Waals surface area contributed by atoms with Crippen LogP contribution in [0.25, 0.3) is 11.2 Å². The third kappa shape index (κ3) is 6.07. The Balaban J connectivity index is 1.78. The highest BCUT2D eigenvalue weighted by Gasteiger charge is 2.22. The number of nitrogens with zero attached hydrogens (tertiary/aromatic N) is 5. The number of fused-ring (bicyclic) bond motifs is 1. The molecule has 0 aliphatic heterocycles. The predicted octanol–water partition coefficient (Wildman–Crippen LogP) is 0.831. The molecule has 0 spiro atoms. The zero-order chi connectivity index (χ0) is 25.7. The minimum absolute atomic E-state index is 0.0162. The maximum absolute atomic E-state index is 12.6. The molecule has 2 aromatic heterocycles. The van der Waals surface area contributed by atoms with E-state index in [0.29, 0.717) is 29.8 Å². The average Bonchev–Trinajstić information content (AvgIpc) is 2.81. The Morgan fingerprint density at radius 1 is 1.14 bits per heavy atom. The van der Waals surface area contributed by atoms with Gasteiger partial charge in [-0.25, -0.2) is 14.8 Å². The van der Waals surface area contributed by atoms with Crippen molar-refractivity contribution >= 4 is 46.5 Å². The van der Waals surface area contributed by atoms with Crippen molar-refractivity contribution in [3.05, 3.63) is 41.2 Å². The van der Waals surface area contributed by atoms with Gasteiger partial charge in [0, 0.05) is 24.7 Å². The van der Waals surface area contributed by atoms with Crippen LogP contribution >= 0.6 is 0 Å². The topological polar surface area (TPSA) is 211 Å². The third-order valence-corrected chi connectivity index (χ3v) is 5.28. The number of benzene rings is 1. The SMILES string of the molecule is CCc1cc(C(=O)NC(CCC(=O)O)C(=O)O)ccc1N(C)Cc1cnc2nc(N)nc(N)c2n1. The van der Waals surface area contributed by atoms with Crippen molar-refractivity contribution in [2.75, 3.05) is 23.4 Å². The molecule has 3 aromatic rings. The van der Waals surface area contributed by atoms with Crippen LogP contribution in [0.4, 0.5) is 17.5 Å². The van der Waals surface area contributed by atoms with E-state index >= 15 is 0 Å². The standard InChI is InChI=1S/C22H26N8O5/c1-3-11-8-12(20(33)27-14(21(34)35)5-7-16(31)32)4-6-15(11)30(2)10-13-9-25-19-17(26-13)18(23)28-22(24)29-19/h4,6,8-9,14H,3,5,7,10H2,1-2H3,(H,27,33)(H,31,32)(H,34,35)(H4,23,24,25,28,29). The first-order chi connectivity index (χ1) is 16.6. The number of carboxylic acids is 2. The van der Waals surface area contributed by atoms with E-state index in [1.165, 1.54) is 0 Å². The summed E-state index contributed by atoms with van der Waals surface area (Å²) in [6, 6.07) is 3.71. The van der Waals surface area contributed by atoms with Gasteiger partial charge in [0.2, 0.25) is 5.95 Å². The Kier molecular flexibility index (Phi) is 7.59. The number of carbonyl (C=O) groups is 3. The van der Waals surface area contributed by atoms with Crippen molar-refractivity contribution in [2.24, 2.45) is 0 Å². The van der Waals surface area contributed by atoms with Crippen LogP contribution in [0.1, 0.15) is 41.4 Å². The smallest absolute Gasteiger partial charge is 0.326 e. The fourth-order valence-electron chi connectivity index (χ4n) is 3.54. The number of aryl methyl sites for hydroxylation is 1. The largest absolute Gasteiger partial charge is 0.481 e. The van der Waals surface area contributed by atoms with Crippen LogP contribution in [0.15, 0.2) is 24.4 Å². The van der Waals surface area contributed by atoms with E-state index in [1.54, 1.807) is 24.4 Å². The van der Waals surface area contributed by atoms with Crippen molar-refractivity contribution in [2.45, 2.75) is 38.8 Å². The second-order valence-corrected chi connectivity index (χ2v) is 7.85. The molecule has 0 aliphatic carbocycles. The fraction of sp³-hybridized carbons (Fsp3) is 0.318. The van der Waals surface area contributed by atoms with Gasteiger partial charge in [-0.2, -0.15) is 9.97 Å². The molecule has 0 saturated carbocycles. The summed E-state index contributed by atoms with van der Waals surface area (Å²) in [6.45, 7) is 2.31. The van der Waals surface area contributed by atoms with Gasteiger partial charge >= 0.3 is 11.9 Å². The van der Waals surface area contributed by atoms with E-state index in [2.05, 4.69) is 25.3 Å². The van der Waals surface area contributed by atoms with Crippen LogP contribution < -0.4 is 21.7 Å². The summed E-state index contributed by atoms with van der Waals surface area (Å²) in [6.07, 6.45) is 1.59. The minimum atomic E-state index is -1.30. The third-order valence-electron chi connectivity index (χ3n) is 5.28. The van der Waals surface area contributed by atoms with E-state index in [9.17, 15) is 19.5 Å². The van der Waals surface area contributed by atoms with Crippen LogP contribution in [-0.4, -0.2) is 61.1 Å². The van der Waals surface area contributed by atoms with Gasteiger partial charge in [0.1, 0.15) is 6.04 Å². The van der Waals surface area contributed by atoms with Crippen molar-refractivity contribution in [3.8, 4) is 0 Å². The molecule has 0 radical (unpaired) electrons. The Bertz CT molecular complexity index is 1280. The van der Waals surface area contributed by atoms with E-state index < -0.39 is 23.9 Å². The lowest BCUT2D eigenvalue weighted by molar-refractivity contribution is -0.140. The van der Waals surface area contributed by atoms with Crippen molar-refractivity contribution in [1.29, 1.82) is 0 Å². The van der Waals surface area contributed by atoms with Gasteiger partial charge in [-0.1, -0.05) is 6.92 Å².